The lowest BCUT2D eigenvalue weighted by atomic mass is 10.1. The molecule has 0 N–H and O–H groups in total. The van der Waals surface area contributed by atoms with Gasteiger partial charge in [0.05, 0.1) is 13.0 Å². The van der Waals surface area contributed by atoms with Crippen LogP contribution in [0.25, 0.3) is 0 Å². The second-order valence-corrected chi connectivity index (χ2v) is 5.80. The van der Waals surface area contributed by atoms with Gasteiger partial charge in [-0.2, -0.15) is 17.0 Å². The molecule has 88 valence electrons. The van der Waals surface area contributed by atoms with Crippen molar-refractivity contribution in [3.05, 3.63) is 0 Å². The molecular weight excluding hydrogens is 220 g/mol. The van der Waals surface area contributed by atoms with Crippen LogP contribution >= 0.6 is 0 Å². The Morgan fingerprint density at radius 3 is 2.53 bits per heavy atom. The summed E-state index contributed by atoms with van der Waals surface area (Å²) in [6.45, 7) is 0.591. The van der Waals surface area contributed by atoms with Crippen LogP contribution in [0, 0.1) is 5.92 Å². The van der Waals surface area contributed by atoms with Gasteiger partial charge >= 0.3 is 5.97 Å². The molecule has 1 unspecified atom stereocenters. The smallest absolute Gasteiger partial charge is 0.310 e. The fraction of sp³-hybridized carbons (Fsp3) is 0.875. The SMILES string of the molecule is COC(=O)C1CCN(S(=O)(=O)N(C)C)C1. The van der Waals surface area contributed by atoms with Crippen molar-refractivity contribution < 1.29 is 17.9 Å². The van der Waals surface area contributed by atoms with Gasteiger partial charge in [0, 0.05) is 27.2 Å². The number of hydrogen-bond acceptors (Lipinski definition) is 4. The normalized spacial score (nSPS) is 23.3. The average molecular weight is 236 g/mol. The van der Waals surface area contributed by atoms with Gasteiger partial charge in [0.15, 0.2) is 0 Å². The Kier molecular flexibility index (Phi) is 3.69. The summed E-state index contributed by atoms with van der Waals surface area (Å²) in [5, 5.41) is 0. The average Bonchev–Trinajstić information content (AvgIpc) is 2.65. The van der Waals surface area contributed by atoms with Crippen molar-refractivity contribution in [3.8, 4) is 0 Å². The van der Waals surface area contributed by atoms with Crippen molar-refractivity contribution >= 4 is 16.2 Å². The maximum Gasteiger partial charge on any atom is 0.310 e. The second-order valence-electron chi connectivity index (χ2n) is 3.66. The highest BCUT2D eigenvalue weighted by molar-refractivity contribution is 7.86. The lowest BCUT2D eigenvalue weighted by molar-refractivity contribution is -0.144. The third-order valence-corrected chi connectivity index (χ3v) is 4.38. The van der Waals surface area contributed by atoms with E-state index in [-0.39, 0.29) is 18.4 Å². The van der Waals surface area contributed by atoms with Gasteiger partial charge in [0.25, 0.3) is 10.2 Å². The van der Waals surface area contributed by atoms with Gasteiger partial charge in [-0.25, -0.2) is 0 Å². The summed E-state index contributed by atoms with van der Waals surface area (Å²) in [6.07, 6.45) is 0.528. The van der Waals surface area contributed by atoms with Crippen LogP contribution in [-0.4, -0.2) is 57.3 Å². The van der Waals surface area contributed by atoms with Crippen LogP contribution in [-0.2, 0) is 19.7 Å². The van der Waals surface area contributed by atoms with Gasteiger partial charge in [-0.3, -0.25) is 4.79 Å². The van der Waals surface area contributed by atoms with Gasteiger partial charge in [0.2, 0.25) is 0 Å². The first-order valence-corrected chi connectivity index (χ1v) is 6.04. The summed E-state index contributed by atoms with van der Waals surface area (Å²) in [5.41, 5.74) is 0. The number of nitrogens with zero attached hydrogens (tertiary/aromatic N) is 2. The van der Waals surface area contributed by atoms with E-state index in [4.69, 9.17) is 0 Å². The molecule has 0 aromatic rings. The fourth-order valence-corrected chi connectivity index (χ4v) is 2.69. The van der Waals surface area contributed by atoms with E-state index >= 15 is 0 Å². The van der Waals surface area contributed by atoms with E-state index in [0.717, 1.165) is 4.31 Å². The molecular formula is C8H16N2O4S. The zero-order valence-corrected chi connectivity index (χ0v) is 9.95. The zero-order valence-electron chi connectivity index (χ0n) is 9.13. The Morgan fingerprint density at radius 2 is 2.07 bits per heavy atom. The minimum absolute atomic E-state index is 0.215. The summed E-state index contributed by atoms with van der Waals surface area (Å²) in [4.78, 5) is 11.2. The Labute approximate surface area is 90.0 Å². The standard InChI is InChI=1S/C8H16N2O4S/c1-9(2)15(12,13)10-5-4-7(6-10)8(11)14-3/h7H,4-6H2,1-3H3. The molecule has 1 fully saturated rings. The van der Waals surface area contributed by atoms with Gasteiger partial charge < -0.3 is 4.74 Å². The molecule has 0 spiro atoms. The van der Waals surface area contributed by atoms with Crippen molar-refractivity contribution in [3.63, 3.8) is 0 Å². The lowest BCUT2D eigenvalue weighted by Gasteiger charge is -2.20. The molecule has 6 nitrogen and oxygen atoms in total. The van der Waals surface area contributed by atoms with Crippen molar-refractivity contribution in [2.75, 3.05) is 34.3 Å². The highest BCUT2D eigenvalue weighted by Gasteiger charge is 2.36. The minimum atomic E-state index is -3.39. The Hall–Kier alpha value is -0.660. The summed E-state index contributed by atoms with van der Waals surface area (Å²) in [5.74, 6) is -0.670. The predicted octanol–water partition coefficient (Wildman–Crippen LogP) is -0.712. The molecule has 0 saturated carbocycles. The van der Waals surface area contributed by atoms with Gasteiger partial charge in [0.1, 0.15) is 0 Å². The first kappa shape index (κ1) is 12.4. The van der Waals surface area contributed by atoms with Crippen LogP contribution < -0.4 is 0 Å². The summed E-state index contributed by atoms with van der Waals surface area (Å²) < 4.78 is 30.4. The molecule has 7 heteroatoms. The third kappa shape index (κ3) is 2.47. The van der Waals surface area contributed by atoms with Crippen LogP contribution in [0.1, 0.15) is 6.42 Å². The maximum atomic E-state index is 11.7. The predicted molar refractivity (Wildman–Crippen MR) is 54.3 cm³/mol. The van der Waals surface area contributed by atoms with Gasteiger partial charge in [-0.05, 0) is 6.42 Å². The number of ether oxygens (including phenoxy) is 1. The Morgan fingerprint density at radius 1 is 1.47 bits per heavy atom. The zero-order chi connectivity index (χ0) is 11.6. The van der Waals surface area contributed by atoms with E-state index < -0.39 is 10.2 Å². The number of carbonyl (C=O) groups excluding carboxylic acids is 1. The molecule has 1 saturated heterocycles. The molecule has 1 rings (SSSR count). The van der Waals surface area contributed by atoms with E-state index in [1.54, 1.807) is 0 Å². The number of carbonyl (C=O) groups is 1. The van der Waals surface area contributed by atoms with E-state index in [1.165, 1.54) is 25.5 Å². The molecule has 1 aliphatic rings. The highest BCUT2D eigenvalue weighted by Crippen LogP contribution is 2.21. The van der Waals surface area contributed by atoms with Crippen LogP contribution in [0.4, 0.5) is 0 Å². The third-order valence-electron chi connectivity index (χ3n) is 2.47. The Balaban J connectivity index is 2.69. The monoisotopic (exact) mass is 236 g/mol. The van der Waals surface area contributed by atoms with E-state index in [1.807, 2.05) is 0 Å². The quantitative estimate of drug-likeness (QED) is 0.607. The number of rotatable bonds is 3. The largest absolute Gasteiger partial charge is 0.469 e. The molecule has 0 aromatic heterocycles. The number of esters is 1. The fourth-order valence-electron chi connectivity index (χ4n) is 1.53. The molecule has 1 aliphatic heterocycles. The van der Waals surface area contributed by atoms with Gasteiger partial charge in [-0.15, -0.1) is 0 Å². The summed E-state index contributed by atoms with van der Waals surface area (Å²) >= 11 is 0. The molecule has 0 radical (unpaired) electrons. The first-order valence-electron chi connectivity index (χ1n) is 4.65. The second kappa shape index (κ2) is 4.46. The summed E-state index contributed by atoms with van der Waals surface area (Å²) in [6, 6.07) is 0. The molecule has 0 amide bonds. The van der Waals surface area contributed by atoms with Crippen molar-refractivity contribution in [2.24, 2.45) is 5.92 Å². The topological polar surface area (TPSA) is 66.9 Å². The van der Waals surface area contributed by atoms with Crippen LogP contribution in [0.2, 0.25) is 0 Å². The molecule has 0 aliphatic carbocycles. The highest BCUT2D eigenvalue weighted by atomic mass is 32.2. The summed E-state index contributed by atoms with van der Waals surface area (Å²) in [7, 11) is 0.865. The minimum Gasteiger partial charge on any atom is -0.469 e. The van der Waals surface area contributed by atoms with E-state index in [2.05, 4.69) is 4.74 Å². The molecule has 0 aromatic carbocycles. The first-order chi connectivity index (χ1) is 6.89. The number of hydrogen-bond donors (Lipinski definition) is 0. The van der Waals surface area contributed by atoms with E-state index in [0.29, 0.717) is 13.0 Å². The van der Waals surface area contributed by atoms with Gasteiger partial charge in [-0.1, -0.05) is 0 Å². The van der Waals surface area contributed by atoms with Crippen LogP contribution in [0.15, 0.2) is 0 Å². The molecule has 1 atom stereocenters. The number of methoxy groups -OCH3 is 1. The lowest BCUT2D eigenvalue weighted by Crippen LogP contribution is -2.39. The van der Waals surface area contributed by atoms with E-state index in [9.17, 15) is 13.2 Å². The molecule has 0 bridgehead atoms. The molecule has 1 heterocycles. The van der Waals surface area contributed by atoms with Crippen LogP contribution in [0.3, 0.4) is 0 Å². The molecule has 15 heavy (non-hydrogen) atoms. The van der Waals surface area contributed by atoms with Crippen LogP contribution in [0.5, 0.6) is 0 Å². The van der Waals surface area contributed by atoms with Crippen molar-refractivity contribution in [1.29, 1.82) is 0 Å². The van der Waals surface area contributed by atoms with Crippen molar-refractivity contribution in [2.45, 2.75) is 6.42 Å². The Bertz CT molecular complexity index is 339. The van der Waals surface area contributed by atoms with Crippen molar-refractivity contribution in [1.82, 2.24) is 8.61 Å². The maximum absolute atomic E-state index is 11.7.